The molecule has 2 amide bonds. The number of carboxylic acid groups (broad SMARTS) is 1. The third-order valence-electron chi connectivity index (χ3n) is 4.61. The Kier molecular flexibility index (Phi) is 4.86. The second kappa shape index (κ2) is 6.43. The average molecular weight is 283 g/mol. The van der Waals surface area contributed by atoms with Crippen LogP contribution >= 0.6 is 0 Å². The number of nitrogens with two attached hydrogens (primary N) is 1. The normalized spacial score (nSPS) is 29.4. The fourth-order valence-electron chi connectivity index (χ4n) is 3.31. The molecule has 6 nitrogen and oxygen atoms in total. The van der Waals surface area contributed by atoms with Crippen LogP contribution in [-0.2, 0) is 4.79 Å². The quantitative estimate of drug-likeness (QED) is 0.627. The van der Waals surface area contributed by atoms with Gasteiger partial charge in [-0.3, -0.25) is 0 Å². The Morgan fingerprint density at radius 3 is 2.30 bits per heavy atom. The molecule has 2 atom stereocenters. The molecule has 0 spiro atoms. The number of hydrogen-bond acceptors (Lipinski definition) is 3. The van der Waals surface area contributed by atoms with Crippen LogP contribution in [0.25, 0.3) is 0 Å². The van der Waals surface area contributed by atoms with Crippen LogP contribution in [0.5, 0.6) is 0 Å². The predicted molar refractivity (Wildman–Crippen MR) is 75.4 cm³/mol. The van der Waals surface area contributed by atoms with E-state index < -0.39 is 17.5 Å². The first kappa shape index (κ1) is 15.1. The fraction of sp³-hybridized carbons (Fsp3) is 0.857. The molecule has 2 unspecified atom stereocenters. The number of carboxylic acids is 1. The van der Waals surface area contributed by atoms with Gasteiger partial charge in [-0.05, 0) is 25.7 Å². The maximum Gasteiger partial charge on any atom is 0.329 e. The molecule has 2 saturated carbocycles. The molecule has 6 heteroatoms. The van der Waals surface area contributed by atoms with E-state index in [0.29, 0.717) is 12.8 Å². The fourth-order valence-corrected chi connectivity index (χ4v) is 3.31. The van der Waals surface area contributed by atoms with E-state index >= 15 is 0 Å². The van der Waals surface area contributed by atoms with Crippen LogP contribution in [0.3, 0.4) is 0 Å². The van der Waals surface area contributed by atoms with E-state index in [1.165, 1.54) is 0 Å². The van der Waals surface area contributed by atoms with Gasteiger partial charge in [-0.2, -0.15) is 0 Å². The summed E-state index contributed by atoms with van der Waals surface area (Å²) in [5.74, 6) is -0.930. The van der Waals surface area contributed by atoms with Gasteiger partial charge >= 0.3 is 12.0 Å². The summed E-state index contributed by atoms with van der Waals surface area (Å²) in [5, 5.41) is 15.0. The highest BCUT2D eigenvalue weighted by molar-refractivity contribution is 5.86. The summed E-state index contributed by atoms with van der Waals surface area (Å²) in [6.07, 6.45) is 7.67. The Balaban J connectivity index is 1.93. The summed E-state index contributed by atoms with van der Waals surface area (Å²) in [4.78, 5) is 23.6. The third-order valence-corrected chi connectivity index (χ3v) is 4.61. The minimum Gasteiger partial charge on any atom is -0.480 e. The monoisotopic (exact) mass is 283 g/mol. The molecule has 0 aromatic rings. The van der Waals surface area contributed by atoms with Crippen LogP contribution in [0.1, 0.15) is 57.8 Å². The topological polar surface area (TPSA) is 104 Å². The second-order valence-electron chi connectivity index (χ2n) is 6.10. The van der Waals surface area contributed by atoms with E-state index in [0.717, 1.165) is 44.9 Å². The van der Waals surface area contributed by atoms with Crippen molar-refractivity contribution in [3.63, 3.8) is 0 Å². The molecule has 5 N–H and O–H groups in total. The zero-order valence-corrected chi connectivity index (χ0v) is 11.9. The lowest BCUT2D eigenvalue weighted by molar-refractivity contribution is -0.145. The summed E-state index contributed by atoms with van der Waals surface area (Å²) in [6.45, 7) is 0. The standard InChI is InChI=1S/C14H25N3O3/c15-10-6-2-3-7-11(10)16-13(20)17-14(12(18)19)8-4-1-5-9-14/h10-11H,1-9,15H2,(H,18,19)(H2,16,17,20). The number of carbonyl (C=O) groups excluding carboxylic acids is 1. The summed E-state index contributed by atoms with van der Waals surface area (Å²) < 4.78 is 0. The van der Waals surface area contributed by atoms with E-state index in [1.807, 2.05) is 0 Å². The van der Waals surface area contributed by atoms with Gasteiger partial charge < -0.3 is 21.5 Å². The molecule has 2 aliphatic rings. The summed E-state index contributed by atoms with van der Waals surface area (Å²) >= 11 is 0. The number of urea groups is 1. The predicted octanol–water partition coefficient (Wildman–Crippen LogP) is 1.34. The summed E-state index contributed by atoms with van der Waals surface area (Å²) in [6, 6.07) is -0.462. The molecular weight excluding hydrogens is 258 g/mol. The molecule has 0 saturated heterocycles. The first-order valence-corrected chi connectivity index (χ1v) is 7.61. The van der Waals surface area contributed by atoms with Crippen molar-refractivity contribution < 1.29 is 14.7 Å². The van der Waals surface area contributed by atoms with E-state index in [2.05, 4.69) is 10.6 Å². The Morgan fingerprint density at radius 1 is 1.05 bits per heavy atom. The summed E-state index contributed by atoms with van der Waals surface area (Å²) in [7, 11) is 0. The largest absolute Gasteiger partial charge is 0.480 e. The maximum absolute atomic E-state index is 12.1. The first-order valence-electron chi connectivity index (χ1n) is 7.61. The molecule has 0 heterocycles. The molecule has 20 heavy (non-hydrogen) atoms. The Bertz CT molecular complexity index is 367. The van der Waals surface area contributed by atoms with Gasteiger partial charge in [-0.25, -0.2) is 9.59 Å². The highest BCUT2D eigenvalue weighted by Gasteiger charge is 2.41. The lowest BCUT2D eigenvalue weighted by Crippen LogP contribution is -2.61. The molecule has 0 aromatic carbocycles. The van der Waals surface area contributed by atoms with Crippen molar-refractivity contribution in [3.8, 4) is 0 Å². The van der Waals surface area contributed by atoms with Crippen molar-refractivity contribution in [3.05, 3.63) is 0 Å². The van der Waals surface area contributed by atoms with Crippen molar-refractivity contribution in [2.24, 2.45) is 5.73 Å². The van der Waals surface area contributed by atoms with Crippen LogP contribution in [-0.4, -0.2) is 34.7 Å². The van der Waals surface area contributed by atoms with Crippen LogP contribution in [0, 0.1) is 0 Å². The van der Waals surface area contributed by atoms with Gasteiger partial charge in [0.25, 0.3) is 0 Å². The molecule has 0 radical (unpaired) electrons. The minimum atomic E-state index is -1.10. The molecule has 2 aliphatic carbocycles. The van der Waals surface area contributed by atoms with Crippen LogP contribution in [0.4, 0.5) is 4.79 Å². The van der Waals surface area contributed by atoms with Gasteiger partial charge in [-0.15, -0.1) is 0 Å². The van der Waals surface area contributed by atoms with Crippen LogP contribution in [0.15, 0.2) is 0 Å². The van der Waals surface area contributed by atoms with E-state index in [1.54, 1.807) is 0 Å². The lowest BCUT2D eigenvalue weighted by atomic mass is 9.82. The van der Waals surface area contributed by atoms with E-state index in [-0.39, 0.29) is 12.1 Å². The number of aliphatic carboxylic acids is 1. The number of carbonyl (C=O) groups is 2. The van der Waals surface area contributed by atoms with Crippen molar-refractivity contribution >= 4 is 12.0 Å². The maximum atomic E-state index is 12.1. The van der Waals surface area contributed by atoms with E-state index in [9.17, 15) is 14.7 Å². The number of rotatable bonds is 3. The Labute approximate surface area is 119 Å². The molecule has 2 fully saturated rings. The van der Waals surface area contributed by atoms with Crippen molar-refractivity contribution in [2.45, 2.75) is 75.4 Å². The highest BCUT2D eigenvalue weighted by Crippen LogP contribution is 2.28. The number of nitrogens with one attached hydrogen (secondary N) is 2. The smallest absolute Gasteiger partial charge is 0.329 e. The molecular formula is C14H25N3O3. The molecule has 114 valence electrons. The van der Waals surface area contributed by atoms with Gasteiger partial charge in [0.05, 0.1) is 0 Å². The molecule has 0 aliphatic heterocycles. The van der Waals surface area contributed by atoms with E-state index in [4.69, 9.17) is 5.73 Å². The SMILES string of the molecule is NC1CCCCC1NC(=O)NC1(C(=O)O)CCCCC1. The van der Waals surface area contributed by atoms with Gasteiger partial charge in [0.1, 0.15) is 5.54 Å². The van der Waals surface area contributed by atoms with Gasteiger partial charge in [0, 0.05) is 12.1 Å². The van der Waals surface area contributed by atoms with Gasteiger partial charge in [-0.1, -0.05) is 32.1 Å². The highest BCUT2D eigenvalue weighted by atomic mass is 16.4. The van der Waals surface area contributed by atoms with Crippen molar-refractivity contribution in [1.82, 2.24) is 10.6 Å². The zero-order chi connectivity index (χ0) is 14.6. The Hall–Kier alpha value is -1.30. The zero-order valence-electron chi connectivity index (χ0n) is 11.9. The molecule has 0 aromatic heterocycles. The van der Waals surface area contributed by atoms with Gasteiger partial charge in [0.2, 0.25) is 0 Å². The lowest BCUT2D eigenvalue weighted by Gasteiger charge is -2.35. The second-order valence-corrected chi connectivity index (χ2v) is 6.10. The number of amides is 2. The van der Waals surface area contributed by atoms with Gasteiger partial charge in [0.15, 0.2) is 0 Å². The molecule has 0 bridgehead atoms. The van der Waals surface area contributed by atoms with Crippen molar-refractivity contribution in [1.29, 1.82) is 0 Å². The van der Waals surface area contributed by atoms with Crippen molar-refractivity contribution in [2.75, 3.05) is 0 Å². The minimum absolute atomic E-state index is 0.0263. The Morgan fingerprint density at radius 2 is 1.70 bits per heavy atom. The molecule has 2 rings (SSSR count). The first-order chi connectivity index (χ1) is 9.53. The van der Waals surface area contributed by atoms with Crippen LogP contribution < -0.4 is 16.4 Å². The average Bonchev–Trinajstić information content (AvgIpc) is 2.42. The third kappa shape index (κ3) is 3.42. The summed E-state index contributed by atoms with van der Waals surface area (Å²) in [5.41, 5.74) is 4.90. The van der Waals surface area contributed by atoms with Crippen LogP contribution in [0.2, 0.25) is 0 Å². The number of hydrogen-bond donors (Lipinski definition) is 4.